The maximum absolute atomic E-state index is 11.5. The first-order valence-corrected chi connectivity index (χ1v) is 15.3. The van der Waals surface area contributed by atoms with Crippen LogP contribution >= 0.6 is 11.6 Å². The van der Waals surface area contributed by atoms with E-state index in [2.05, 4.69) is 28.0 Å². The van der Waals surface area contributed by atoms with E-state index in [4.69, 9.17) is 26.9 Å². The average molecular weight is 632 g/mol. The van der Waals surface area contributed by atoms with Gasteiger partial charge in [-0.05, 0) is 85.1 Å². The first kappa shape index (κ1) is 32.5. The van der Waals surface area contributed by atoms with Gasteiger partial charge in [-0.3, -0.25) is 4.90 Å². The van der Waals surface area contributed by atoms with Crippen LogP contribution in [-0.4, -0.2) is 47.9 Å². The fourth-order valence-electron chi connectivity index (χ4n) is 5.83. The van der Waals surface area contributed by atoms with Gasteiger partial charge in [0.15, 0.2) is 0 Å². The van der Waals surface area contributed by atoms with Crippen LogP contribution in [0, 0.1) is 34.0 Å². The van der Waals surface area contributed by atoms with Gasteiger partial charge in [0.1, 0.15) is 24.0 Å². The van der Waals surface area contributed by atoms with Gasteiger partial charge < -0.3 is 19.8 Å². The number of halogens is 1. The Morgan fingerprint density at radius 3 is 1.93 bits per heavy atom. The van der Waals surface area contributed by atoms with Crippen LogP contribution in [-0.2, 0) is 11.2 Å². The zero-order valence-electron chi connectivity index (χ0n) is 25.7. The number of β-amino-alcohol motifs (C(OH)–C–C–N with tert-alkyl or cyclic N) is 1. The molecule has 232 valence electrons. The molecule has 9 heteroatoms. The standard InChI is InChI=1S/C37H34ClN5O3/c1-36(44,30-9-3-26(20-39)4-10-30)24-42-17-18-43(35(23-42)28-7-13-32(38)14-8-28)34-16-15-33(19-29(34)22-41)46-25-37(2,45)31-11-5-27(21-40)6-12-31/h3-16,19,35,44-45H,17-18,23-25H2,1-2H3/t35-,36+,37+/m0/s1. The van der Waals surface area contributed by atoms with E-state index in [9.17, 15) is 15.5 Å². The topological polar surface area (TPSA) is 128 Å². The number of anilines is 1. The third-order valence-corrected chi connectivity index (χ3v) is 8.69. The minimum atomic E-state index is -1.31. The fourth-order valence-corrected chi connectivity index (χ4v) is 5.95. The molecule has 1 fully saturated rings. The van der Waals surface area contributed by atoms with Gasteiger partial charge in [0.2, 0.25) is 0 Å². The number of benzene rings is 4. The number of piperazine rings is 1. The molecule has 0 radical (unpaired) electrons. The number of nitriles is 3. The molecule has 4 aromatic rings. The van der Waals surface area contributed by atoms with Gasteiger partial charge in [0.25, 0.3) is 0 Å². The molecular weight excluding hydrogens is 598 g/mol. The minimum Gasteiger partial charge on any atom is -0.490 e. The maximum Gasteiger partial charge on any atom is 0.121 e. The highest BCUT2D eigenvalue weighted by molar-refractivity contribution is 6.30. The summed E-state index contributed by atoms with van der Waals surface area (Å²) in [6, 6.07) is 33.1. The smallest absolute Gasteiger partial charge is 0.121 e. The lowest BCUT2D eigenvalue weighted by Crippen LogP contribution is -2.52. The highest BCUT2D eigenvalue weighted by Crippen LogP contribution is 2.36. The van der Waals surface area contributed by atoms with Crippen molar-refractivity contribution in [3.63, 3.8) is 0 Å². The average Bonchev–Trinajstić information content (AvgIpc) is 3.07. The van der Waals surface area contributed by atoms with Crippen LogP contribution in [0.1, 0.15) is 53.3 Å². The van der Waals surface area contributed by atoms with Crippen molar-refractivity contribution in [2.75, 3.05) is 37.7 Å². The number of ether oxygens (including phenoxy) is 1. The number of nitrogens with zero attached hydrogens (tertiary/aromatic N) is 5. The van der Waals surface area contributed by atoms with Crippen molar-refractivity contribution >= 4 is 17.3 Å². The Kier molecular flexibility index (Phi) is 9.63. The summed E-state index contributed by atoms with van der Waals surface area (Å²) in [6.45, 7) is 5.59. The van der Waals surface area contributed by atoms with E-state index in [-0.39, 0.29) is 12.6 Å². The molecule has 0 saturated carbocycles. The molecule has 0 aliphatic carbocycles. The van der Waals surface area contributed by atoms with E-state index in [1.807, 2.05) is 30.3 Å². The quantitative estimate of drug-likeness (QED) is 0.230. The van der Waals surface area contributed by atoms with E-state index in [0.717, 1.165) is 16.8 Å². The lowest BCUT2D eigenvalue weighted by atomic mass is 9.93. The van der Waals surface area contributed by atoms with Crippen molar-refractivity contribution in [1.82, 2.24) is 4.90 Å². The summed E-state index contributed by atoms with van der Waals surface area (Å²) in [5.41, 5.74) is 2.16. The molecule has 0 amide bonds. The second-order valence-corrected chi connectivity index (χ2v) is 12.4. The lowest BCUT2D eigenvalue weighted by molar-refractivity contribution is 0.00759. The van der Waals surface area contributed by atoms with Crippen molar-refractivity contribution in [3.8, 4) is 24.0 Å². The minimum absolute atomic E-state index is 0.0473. The molecule has 5 rings (SSSR count). The Morgan fingerprint density at radius 1 is 0.783 bits per heavy atom. The van der Waals surface area contributed by atoms with E-state index in [1.165, 1.54) is 0 Å². The van der Waals surface area contributed by atoms with Crippen molar-refractivity contribution < 1.29 is 14.9 Å². The Morgan fingerprint density at radius 2 is 1.37 bits per heavy atom. The summed E-state index contributed by atoms with van der Waals surface area (Å²) in [4.78, 5) is 4.41. The molecule has 1 saturated heterocycles. The number of hydrogen-bond donors (Lipinski definition) is 2. The molecule has 4 aromatic carbocycles. The molecule has 0 bridgehead atoms. The van der Waals surface area contributed by atoms with Gasteiger partial charge in [0, 0.05) is 31.2 Å². The molecule has 1 aliphatic rings. The molecule has 8 nitrogen and oxygen atoms in total. The SMILES string of the molecule is C[C@@](O)(COc1ccc(N2CCN(C[C@@](C)(O)c3ccc(C#N)cc3)C[C@H]2c2ccc(Cl)cc2)c(C#N)c1)c1ccc(C#N)cc1. The fraction of sp³-hybridized carbons (Fsp3) is 0.270. The number of rotatable bonds is 9. The van der Waals surface area contributed by atoms with E-state index >= 15 is 0 Å². The van der Waals surface area contributed by atoms with Crippen molar-refractivity contribution in [2.45, 2.75) is 31.1 Å². The molecule has 2 N–H and O–H groups in total. The molecule has 46 heavy (non-hydrogen) atoms. The summed E-state index contributed by atoms with van der Waals surface area (Å²) < 4.78 is 5.97. The molecule has 1 aliphatic heterocycles. The first-order valence-electron chi connectivity index (χ1n) is 14.9. The Bertz CT molecular complexity index is 1800. The predicted molar refractivity (Wildman–Crippen MR) is 176 cm³/mol. The second kappa shape index (κ2) is 13.6. The zero-order valence-corrected chi connectivity index (χ0v) is 26.4. The molecule has 0 unspecified atom stereocenters. The highest BCUT2D eigenvalue weighted by Gasteiger charge is 2.34. The van der Waals surface area contributed by atoms with Crippen LogP contribution in [0.4, 0.5) is 5.69 Å². The van der Waals surface area contributed by atoms with Gasteiger partial charge in [-0.2, -0.15) is 15.8 Å². The second-order valence-electron chi connectivity index (χ2n) is 12.0. The van der Waals surface area contributed by atoms with E-state index in [1.54, 1.807) is 74.5 Å². The molecule has 0 aromatic heterocycles. The predicted octanol–water partition coefficient (Wildman–Crippen LogP) is 6.01. The van der Waals surface area contributed by atoms with Crippen LogP contribution in [0.5, 0.6) is 5.75 Å². The summed E-state index contributed by atoms with van der Waals surface area (Å²) in [6.07, 6.45) is 0. The van der Waals surface area contributed by atoms with Gasteiger partial charge in [-0.15, -0.1) is 0 Å². The summed E-state index contributed by atoms with van der Waals surface area (Å²) >= 11 is 6.22. The van der Waals surface area contributed by atoms with Crippen molar-refractivity contribution in [2.24, 2.45) is 0 Å². The highest BCUT2D eigenvalue weighted by atomic mass is 35.5. The Labute approximate surface area is 274 Å². The zero-order chi connectivity index (χ0) is 32.9. The van der Waals surface area contributed by atoms with Crippen molar-refractivity contribution in [1.29, 1.82) is 15.8 Å². The Hall–Kier alpha value is -4.88. The molecule has 3 atom stereocenters. The van der Waals surface area contributed by atoms with Crippen LogP contribution in [0.25, 0.3) is 0 Å². The monoisotopic (exact) mass is 631 g/mol. The van der Waals surface area contributed by atoms with Gasteiger partial charge in [-0.1, -0.05) is 48.0 Å². The largest absolute Gasteiger partial charge is 0.490 e. The van der Waals surface area contributed by atoms with Crippen molar-refractivity contribution in [3.05, 3.63) is 129 Å². The summed E-state index contributed by atoms with van der Waals surface area (Å²) in [5.74, 6) is 0.453. The van der Waals surface area contributed by atoms with Crippen LogP contribution in [0.3, 0.4) is 0 Å². The van der Waals surface area contributed by atoms with Gasteiger partial charge in [-0.25, -0.2) is 0 Å². The third-order valence-electron chi connectivity index (χ3n) is 8.44. The third kappa shape index (κ3) is 7.32. The molecular formula is C37H34ClN5O3. The molecule has 0 spiro atoms. The van der Waals surface area contributed by atoms with Gasteiger partial charge >= 0.3 is 0 Å². The summed E-state index contributed by atoms with van der Waals surface area (Å²) in [7, 11) is 0. The Balaban J connectivity index is 1.36. The number of hydrogen-bond acceptors (Lipinski definition) is 8. The molecule has 1 heterocycles. The van der Waals surface area contributed by atoms with Crippen LogP contribution < -0.4 is 9.64 Å². The summed E-state index contributed by atoms with van der Waals surface area (Å²) in [5, 5.41) is 51.6. The van der Waals surface area contributed by atoms with E-state index < -0.39 is 11.2 Å². The maximum atomic E-state index is 11.5. The lowest BCUT2D eigenvalue weighted by Gasteiger charge is -2.45. The van der Waals surface area contributed by atoms with Crippen LogP contribution in [0.2, 0.25) is 5.02 Å². The normalized spacial score (nSPS) is 17.5. The number of aliphatic hydroxyl groups is 2. The van der Waals surface area contributed by atoms with Gasteiger partial charge in [0.05, 0.1) is 46.2 Å². The first-order chi connectivity index (χ1) is 22.0. The van der Waals surface area contributed by atoms with E-state index in [0.29, 0.717) is 59.2 Å². The van der Waals surface area contributed by atoms with Crippen LogP contribution in [0.15, 0.2) is 91.0 Å².